The van der Waals surface area contributed by atoms with Gasteiger partial charge in [-0.3, -0.25) is 14.2 Å². The van der Waals surface area contributed by atoms with Gasteiger partial charge in [-0.25, -0.2) is 18.7 Å². The minimum absolute atomic E-state index is 0.0847. The monoisotopic (exact) mass is 502 g/mol. The molecule has 2 aliphatic rings. The van der Waals surface area contributed by atoms with Crippen LogP contribution in [0.25, 0.3) is 10.3 Å². The Kier molecular flexibility index (Phi) is 7.19. The van der Waals surface area contributed by atoms with Crippen molar-refractivity contribution in [2.75, 3.05) is 24.7 Å². The van der Waals surface area contributed by atoms with E-state index < -0.39 is 17.8 Å². The van der Waals surface area contributed by atoms with E-state index in [2.05, 4.69) is 9.97 Å². The molecule has 4 heterocycles. The summed E-state index contributed by atoms with van der Waals surface area (Å²) in [5, 5.41) is 0.504. The summed E-state index contributed by atoms with van der Waals surface area (Å²) in [6, 6.07) is 9.55. The number of ether oxygens (including phenoxy) is 1. The number of halogens is 2. The number of benzene rings is 1. The number of rotatable bonds is 8. The number of aromatic nitrogens is 3. The number of carbonyl (C=O) groups is 1. The van der Waals surface area contributed by atoms with E-state index in [1.807, 2.05) is 35.2 Å². The van der Waals surface area contributed by atoms with Crippen molar-refractivity contribution in [3.8, 4) is 0 Å². The fraction of sp³-hybridized carbons (Fsp3) is 0.520. The Morgan fingerprint density at radius 3 is 2.66 bits per heavy atom. The van der Waals surface area contributed by atoms with E-state index in [1.165, 1.54) is 0 Å². The molecule has 0 saturated carbocycles. The van der Waals surface area contributed by atoms with Crippen molar-refractivity contribution in [1.82, 2.24) is 14.5 Å². The van der Waals surface area contributed by atoms with Crippen LogP contribution in [-0.4, -0.2) is 46.1 Å². The van der Waals surface area contributed by atoms with Crippen molar-refractivity contribution in [2.45, 2.75) is 57.5 Å². The maximum Gasteiger partial charge on any atom is 0.295 e. The number of aryl methyl sites for hydroxylation is 1. The number of anilines is 1. The number of thiazole rings is 1. The maximum atomic E-state index is 13.9. The highest BCUT2D eigenvalue weighted by Gasteiger charge is 2.33. The zero-order chi connectivity index (χ0) is 24.4. The quantitative estimate of drug-likeness (QED) is 0.455. The van der Waals surface area contributed by atoms with Crippen molar-refractivity contribution in [1.29, 1.82) is 0 Å². The highest BCUT2D eigenvalue weighted by Crippen LogP contribution is 2.33. The molecular weight excluding hydrogens is 474 g/mol. The number of fused-ring (bicyclic) bond motifs is 1. The van der Waals surface area contributed by atoms with Crippen molar-refractivity contribution < 1.29 is 18.3 Å². The minimum atomic E-state index is -2.86. The Labute approximate surface area is 205 Å². The first-order chi connectivity index (χ1) is 17.0. The number of ketones is 1. The zero-order valence-corrected chi connectivity index (χ0v) is 20.2. The fourth-order valence-electron chi connectivity index (χ4n) is 4.97. The summed E-state index contributed by atoms with van der Waals surface area (Å²) >= 11 is 1.12. The number of Topliss-reactive ketones (excluding diaryl/α,β-unsaturated/α-hetero) is 1. The summed E-state index contributed by atoms with van der Waals surface area (Å²) in [4.78, 5) is 37.1. The number of alkyl halides is 2. The zero-order valence-electron chi connectivity index (χ0n) is 19.4. The molecule has 2 fully saturated rings. The van der Waals surface area contributed by atoms with Gasteiger partial charge in [-0.05, 0) is 43.6 Å². The molecule has 10 heteroatoms. The average molecular weight is 503 g/mol. The van der Waals surface area contributed by atoms with Gasteiger partial charge in [-0.15, -0.1) is 0 Å². The number of hydrogen-bond donors (Lipinski definition) is 0. The minimum Gasteiger partial charge on any atom is -0.381 e. The van der Waals surface area contributed by atoms with Gasteiger partial charge in [0.2, 0.25) is 0 Å². The van der Waals surface area contributed by atoms with E-state index in [9.17, 15) is 18.4 Å². The highest BCUT2D eigenvalue weighted by atomic mass is 32.1. The largest absolute Gasteiger partial charge is 0.381 e. The molecule has 7 nitrogen and oxygen atoms in total. The Hall–Kier alpha value is -2.72. The topological polar surface area (TPSA) is 77.3 Å². The molecule has 0 aliphatic carbocycles. The van der Waals surface area contributed by atoms with Gasteiger partial charge in [-0.2, -0.15) is 0 Å². The summed E-state index contributed by atoms with van der Waals surface area (Å²) < 4.78 is 34.2. The second-order valence-electron chi connectivity index (χ2n) is 9.20. The van der Waals surface area contributed by atoms with Crippen LogP contribution < -0.4 is 10.5 Å². The number of hydrogen-bond acceptors (Lipinski definition) is 7. The summed E-state index contributed by atoms with van der Waals surface area (Å²) in [5.41, 5.74) is 0.675. The molecule has 0 unspecified atom stereocenters. The van der Waals surface area contributed by atoms with Crippen molar-refractivity contribution in [2.24, 2.45) is 5.92 Å². The van der Waals surface area contributed by atoms with Crippen LogP contribution in [0.1, 0.15) is 49.9 Å². The molecule has 0 amide bonds. The lowest BCUT2D eigenvalue weighted by molar-refractivity contribution is -0.120. The smallest absolute Gasteiger partial charge is 0.295 e. The van der Waals surface area contributed by atoms with Gasteiger partial charge >= 0.3 is 0 Å². The summed E-state index contributed by atoms with van der Waals surface area (Å²) in [6.07, 6.45) is 1.21. The molecule has 1 aromatic carbocycles. The maximum absolute atomic E-state index is 13.9. The molecule has 0 bridgehead atoms. The SMILES string of the molecule is O=C(CCc1ccccc1)[C@H]1CCCN1c1nc2c(=O)n(CC3CCOCC3)c(C(F)F)nc2s1. The van der Waals surface area contributed by atoms with Crippen LogP contribution in [0.5, 0.6) is 0 Å². The van der Waals surface area contributed by atoms with Gasteiger partial charge in [0.15, 0.2) is 27.1 Å². The van der Waals surface area contributed by atoms with Gasteiger partial charge in [0, 0.05) is 32.7 Å². The van der Waals surface area contributed by atoms with Crippen molar-refractivity contribution in [3.05, 3.63) is 52.1 Å². The molecule has 35 heavy (non-hydrogen) atoms. The third-order valence-electron chi connectivity index (χ3n) is 6.89. The van der Waals surface area contributed by atoms with Crippen LogP contribution in [0.4, 0.5) is 13.9 Å². The number of nitrogens with zero attached hydrogens (tertiary/aromatic N) is 4. The Morgan fingerprint density at radius 2 is 1.91 bits per heavy atom. The van der Waals surface area contributed by atoms with E-state index in [1.54, 1.807) is 0 Å². The second-order valence-corrected chi connectivity index (χ2v) is 10.2. The predicted molar refractivity (Wildman–Crippen MR) is 130 cm³/mol. The Balaban J connectivity index is 1.40. The first-order valence-electron chi connectivity index (χ1n) is 12.1. The molecule has 0 N–H and O–H groups in total. The molecule has 5 rings (SSSR count). The molecule has 186 valence electrons. The lowest BCUT2D eigenvalue weighted by atomic mass is 10.0. The van der Waals surface area contributed by atoms with Crippen LogP contribution in [0, 0.1) is 5.92 Å². The van der Waals surface area contributed by atoms with E-state index in [4.69, 9.17) is 4.74 Å². The second kappa shape index (κ2) is 10.5. The van der Waals surface area contributed by atoms with E-state index >= 15 is 0 Å². The van der Waals surface area contributed by atoms with Crippen LogP contribution >= 0.6 is 11.3 Å². The van der Waals surface area contributed by atoms with Gasteiger partial charge in [0.1, 0.15) is 0 Å². The van der Waals surface area contributed by atoms with E-state index in [0.717, 1.165) is 40.7 Å². The van der Waals surface area contributed by atoms with Crippen LogP contribution in [0.2, 0.25) is 0 Å². The van der Waals surface area contributed by atoms with Gasteiger partial charge in [0.05, 0.1) is 6.04 Å². The highest BCUT2D eigenvalue weighted by molar-refractivity contribution is 7.21. The van der Waals surface area contributed by atoms with Gasteiger partial charge in [0.25, 0.3) is 12.0 Å². The molecule has 2 saturated heterocycles. The molecule has 3 aromatic rings. The predicted octanol–water partition coefficient (Wildman–Crippen LogP) is 4.39. The van der Waals surface area contributed by atoms with Crippen molar-refractivity contribution in [3.63, 3.8) is 0 Å². The van der Waals surface area contributed by atoms with Gasteiger partial charge < -0.3 is 9.64 Å². The van der Waals surface area contributed by atoms with Crippen LogP contribution in [0.15, 0.2) is 35.1 Å². The molecule has 0 radical (unpaired) electrons. The van der Waals surface area contributed by atoms with E-state index in [0.29, 0.717) is 44.2 Å². The van der Waals surface area contributed by atoms with Crippen LogP contribution in [-0.2, 0) is 22.5 Å². The first-order valence-corrected chi connectivity index (χ1v) is 12.9. The molecule has 2 aromatic heterocycles. The summed E-state index contributed by atoms with van der Waals surface area (Å²) in [6.45, 7) is 1.95. The normalized spacial score (nSPS) is 19.2. The molecule has 0 spiro atoms. The van der Waals surface area contributed by atoms with Crippen molar-refractivity contribution >= 4 is 32.6 Å². The standard InChI is InChI=1S/C25H28F2N4O3S/c26-21(27)22-29-23-20(24(33)31(22)15-17-10-13-34-14-11-17)28-25(35-23)30-12-4-7-18(30)19(32)9-8-16-5-2-1-3-6-16/h1-3,5-6,17-18,21H,4,7-15H2/t18-/m1/s1. The Bertz CT molecular complexity index is 1240. The first kappa shape index (κ1) is 24.0. The summed E-state index contributed by atoms with van der Waals surface area (Å²) in [7, 11) is 0. The number of carbonyl (C=O) groups excluding carboxylic acids is 1. The fourth-order valence-corrected chi connectivity index (χ4v) is 5.99. The molecular formula is C25H28F2N4O3S. The molecule has 1 atom stereocenters. The third kappa shape index (κ3) is 5.13. The summed E-state index contributed by atoms with van der Waals surface area (Å²) in [5.74, 6) is -0.300. The van der Waals surface area contributed by atoms with Gasteiger partial charge in [-0.1, -0.05) is 41.7 Å². The Morgan fingerprint density at radius 1 is 1.14 bits per heavy atom. The van der Waals surface area contributed by atoms with E-state index in [-0.39, 0.29) is 34.6 Å². The average Bonchev–Trinajstić information content (AvgIpc) is 3.53. The third-order valence-corrected chi connectivity index (χ3v) is 7.87. The van der Waals surface area contributed by atoms with Crippen LogP contribution in [0.3, 0.4) is 0 Å². The lowest BCUT2D eigenvalue weighted by Crippen LogP contribution is -2.36. The lowest BCUT2D eigenvalue weighted by Gasteiger charge is -2.23. The molecule has 2 aliphatic heterocycles.